The molecule has 0 fully saturated rings. The molecule has 0 aliphatic rings. The van der Waals surface area contributed by atoms with Gasteiger partial charge in [0, 0.05) is 101 Å². The Morgan fingerprint density at radius 1 is 0.238 bits per heavy atom. The summed E-state index contributed by atoms with van der Waals surface area (Å²) in [6.07, 6.45) is 0. The SMILES string of the molecule is c1ccc(-c2cc(-c3cc(-n4c5ccccc5c5ccccc54)cc4c3sc3ccccc34)c3ccccc3n2)cc1.c1ccc(-c2cc(-c3cc(-n4c5ccccc5c5ccccc54)cc4c3sc3ccccc34)nc3ccccc23)cc1. The summed E-state index contributed by atoms with van der Waals surface area (Å²) in [5.74, 6) is 0. The molecule has 0 atom stereocenters. The molecular formula is C78H48N4S2. The third-order valence-electron chi connectivity index (χ3n) is 16.8. The average Bonchev–Trinajstić information content (AvgIpc) is 3.92. The molecule has 392 valence electrons. The first kappa shape index (κ1) is 48.2. The number of hydrogen-bond donors (Lipinski definition) is 0. The van der Waals surface area contributed by atoms with E-state index in [0.29, 0.717) is 0 Å². The molecule has 18 rings (SSSR count). The topological polar surface area (TPSA) is 35.6 Å². The van der Waals surface area contributed by atoms with E-state index in [1.807, 2.05) is 22.7 Å². The molecule has 0 aliphatic heterocycles. The molecule has 18 aromatic rings. The van der Waals surface area contributed by atoms with Crippen molar-refractivity contribution in [2.75, 3.05) is 0 Å². The lowest BCUT2D eigenvalue weighted by molar-refractivity contribution is 1.19. The standard InChI is InChI=1S/2C39H24N2S/c1-2-12-25(13-3-1)35-24-31(27-14-4-8-18-34(27)40-35)33-23-26(22-32-30-17-7-11-21-38(30)42-39(32)33)41-36-19-9-5-15-28(36)29-16-6-10-20-37(29)41;1-2-12-25(13-3-1)31-24-35(40-34-18-8-4-14-27(31)34)33-23-26(22-32-30-17-7-11-21-38(30)42-39(32)33)41-36-19-9-5-15-28(36)29-16-6-10-20-37(29)41/h2*1-24H. The zero-order chi connectivity index (χ0) is 55.2. The van der Waals surface area contributed by atoms with E-state index in [1.54, 1.807) is 0 Å². The van der Waals surface area contributed by atoms with Crippen molar-refractivity contribution in [1.29, 1.82) is 0 Å². The van der Waals surface area contributed by atoms with Crippen LogP contribution in [0.5, 0.6) is 0 Å². The third kappa shape index (κ3) is 7.80. The van der Waals surface area contributed by atoms with E-state index >= 15 is 0 Å². The number of thiophene rings is 2. The van der Waals surface area contributed by atoms with Crippen molar-refractivity contribution in [2.24, 2.45) is 0 Å². The average molecular weight is 1110 g/mol. The zero-order valence-electron chi connectivity index (χ0n) is 45.3. The van der Waals surface area contributed by atoms with E-state index in [2.05, 4.69) is 300 Å². The maximum atomic E-state index is 5.30. The third-order valence-corrected chi connectivity index (χ3v) is 19.2. The fraction of sp³-hybridized carbons (Fsp3) is 0. The van der Waals surface area contributed by atoms with Gasteiger partial charge in [-0.05, 0) is 102 Å². The van der Waals surface area contributed by atoms with Crippen molar-refractivity contribution in [3.8, 4) is 56.1 Å². The van der Waals surface area contributed by atoms with Crippen LogP contribution in [0.25, 0.3) is 162 Å². The minimum absolute atomic E-state index is 0.987. The molecule has 6 aromatic heterocycles. The molecule has 0 aliphatic carbocycles. The van der Waals surface area contributed by atoms with Crippen LogP contribution >= 0.6 is 22.7 Å². The zero-order valence-corrected chi connectivity index (χ0v) is 47.0. The predicted molar refractivity (Wildman–Crippen MR) is 360 cm³/mol. The molecule has 0 saturated heterocycles. The van der Waals surface area contributed by atoms with E-state index < -0.39 is 0 Å². The molecule has 84 heavy (non-hydrogen) atoms. The Morgan fingerprint density at radius 3 is 1.10 bits per heavy atom. The number of para-hydroxylation sites is 6. The van der Waals surface area contributed by atoms with Gasteiger partial charge in [-0.3, -0.25) is 0 Å². The maximum Gasteiger partial charge on any atom is 0.0731 e. The van der Waals surface area contributed by atoms with Crippen LogP contribution in [0.2, 0.25) is 0 Å². The van der Waals surface area contributed by atoms with Gasteiger partial charge >= 0.3 is 0 Å². The molecule has 0 amide bonds. The normalized spacial score (nSPS) is 11.8. The summed E-state index contributed by atoms with van der Waals surface area (Å²) in [6, 6.07) is 105. The number of pyridine rings is 2. The van der Waals surface area contributed by atoms with Crippen molar-refractivity contribution in [3.63, 3.8) is 0 Å². The fourth-order valence-electron chi connectivity index (χ4n) is 13.0. The van der Waals surface area contributed by atoms with E-state index in [4.69, 9.17) is 9.97 Å². The first-order valence-corrected chi connectivity index (χ1v) is 30.1. The van der Waals surface area contributed by atoms with Crippen LogP contribution in [0.15, 0.2) is 291 Å². The first-order chi connectivity index (χ1) is 41.7. The van der Waals surface area contributed by atoms with Crippen molar-refractivity contribution in [2.45, 2.75) is 0 Å². The second-order valence-electron chi connectivity index (χ2n) is 21.6. The maximum absolute atomic E-state index is 5.30. The quantitative estimate of drug-likeness (QED) is 0.166. The monoisotopic (exact) mass is 1100 g/mol. The molecule has 0 N–H and O–H groups in total. The summed E-state index contributed by atoms with van der Waals surface area (Å²) in [7, 11) is 0. The van der Waals surface area contributed by atoms with Gasteiger partial charge in [0.25, 0.3) is 0 Å². The van der Waals surface area contributed by atoms with Crippen LogP contribution in [0.1, 0.15) is 0 Å². The van der Waals surface area contributed by atoms with Gasteiger partial charge in [-0.25, -0.2) is 9.97 Å². The van der Waals surface area contributed by atoms with Gasteiger partial charge in [0.05, 0.1) is 44.5 Å². The van der Waals surface area contributed by atoms with Gasteiger partial charge in [-0.2, -0.15) is 0 Å². The summed E-state index contributed by atoms with van der Waals surface area (Å²) < 4.78 is 10.0. The van der Waals surface area contributed by atoms with Crippen LogP contribution in [0.3, 0.4) is 0 Å². The Labute approximate surface area is 491 Å². The number of benzene rings is 12. The summed E-state index contributed by atoms with van der Waals surface area (Å²) in [6.45, 7) is 0. The Morgan fingerprint density at radius 2 is 0.595 bits per heavy atom. The number of aromatic nitrogens is 4. The van der Waals surface area contributed by atoms with Crippen LogP contribution in [-0.4, -0.2) is 19.1 Å². The number of rotatable bonds is 6. The van der Waals surface area contributed by atoms with Gasteiger partial charge in [-0.15, -0.1) is 22.7 Å². The van der Waals surface area contributed by atoms with Crippen molar-refractivity contribution >= 4 is 128 Å². The van der Waals surface area contributed by atoms with E-state index in [-0.39, 0.29) is 0 Å². The molecule has 0 spiro atoms. The Kier molecular flexibility index (Phi) is 11.3. The highest BCUT2D eigenvalue weighted by Crippen LogP contribution is 2.47. The number of hydrogen-bond acceptors (Lipinski definition) is 4. The summed E-state index contributed by atoms with van der Waals surface area (Å²) >= 11 is 3.73. The highest BCUT2D eigenvalue weighted by Gasteiger charge is 2.22. The Hall–Kier alpha value is -10.5. The summed E-state index contributed by atoms with van der Waals surface area (Å²) in [4.78, 5) is 10.4. The smallest absolute Gasteiger partial charge is 0.0731 e. The molecule has 0 unspecified atom stereocenters. The van der Waals surface area contributed by atoms with Crippen LogP contribution in [0, 0.1) is 0 Å². The van der Waals surface area contributed by atoms with Crippen molar-refractivity contribution in [1.82, 2.24) is 19.1 Å². The van der Waals surface area contributed by atoms with Crippen LogP contribution < -0.4 is 0 Å². The van der Waals surface area contributed by atoms with Gasteiger partial charge in [-0.1, -0.05) is 206 Å². The molecule has 12 aromatic carbocycles. The molecule has 0 radical (unpaired) electrons. The lowest BCUT2D eigenvalue weighted by Gasteiger charge is -2.15. The largest absolute Gasteiger partial charge is 0.309 e. The van der Waals surface area contributed by atoms with Crippen LogP contribution in [0.4, 0.5) is 0 Å². The number of fused-ring (bicyclic) bond motifs is 14. The molecule has 6 heteroatoms. The summed E-state index contributed by atoms with van der Waals surface area (Å²) in [5.41, 5.74) is 18.3. The highest BCUT2D eigenvalue weighted by molar-refractivity contribution is 7.26. The van der Waals surface area contributed by atoms with Gasteiger partial charge < -0.3 is 9.13 Å². The van der Waals surface area contributed by atoms with E-state index in [1.165, 1.54) is 117 Å². The van der Waals surface area contributed by atoms with Crippen LogP contribution in [-0.2, 0) is 0 Å². The molecule has 4 nitrogen and oxygen atoms in total. The van der Waals surface area contributed by atoms with Gasteiger partial charge in [0.15, 0.2) is 0 Å². The summed E-state index contributed by atoms with van der Waals surface area (Å²) in [5, 5.41) is 12.5. The highest BCUT2D eigenvalue weighted by atomic mass is 32.1. The van der Waals surface area contributed by atoms with Crippen molar-refractivity contribution in [3.05, 3.63) is 291 Å². The van der Waals surface area contributed by atoms with Crippen molar-refractivity contribution < 1.29 is 0 Å². The first-order valence-electron chi connectivity index (χ1n) is 28.5. The molecule has 6 heterocycles. The molecule has 0 saturated carbocycles. The second-order valence-corrected chi connectivity index (χ2v) is 23.7. The minimum Gasteiger partial charge on any atom is -0.309 e. The predicted octanol–water partition coefficient (Wildman–Crippen LogP) is 22.1. The van der Waals surface area contributed by atoms with Gasteiger partial charge in [0.2, 0.25) is 0 Å². The molecule has 0 bridgehead atoms. The number of nitrogens with zero attached hydrogens (tertiary/aromatic N) is 4. The Bertz CT molecular complexity index is 5520. The molecular weight excluding hydrogens is 1060 g/mol. The van der Waals surface area contributed by atoms with Gasteiger partial charge in [0.1, 0.15) is 0 Å². The van der Waals surface area contributed by atoms with E-state index in [9.17, 15) is 0 Å². The second kappa shape index (κ2) is 19.6. The fourth-order valence-corrected chi connectivity index (χ4v) is 15.4. The minimum atomic E-state index is 0.987. The lowest BCUT2D eigenvalue weighted by atomic mass is 9.96. The lowest BCUT2D eigenvalue weighted by Crippen LogP contribution is -1.96. The Balaban J connectivity index is 0.000000132. The van der Waals surface area contributed by atoms with E-state index in [0.717, 1.165) is 44.6 Å².